The van der Waals surface area contributed by atoms with Crippen LogP contribution >= 0.6 is 11.3 Å². The van der Waals surface area contributed by atoms with E-state index in [0.29, 0.717) is 18.2 Å². The Labute approximate surface area is 103 Å². The van der Waals surface area contributed by atoms with Gasteiger partial charge in [0, 0.05) is 18.1 Å². The Morgan fingerprint density at radius 1 is 1.47 bits per heavy atom. The van der Waals surface area contributed by atoms with Crippen LogP contribution in [0.3, 0.4) is 0 Å². The van der Waals surface area contributed by atoms with Crippen molar-refractivity contribution in [3.63, 3.8) is 0 Å². The number of hydrogen-bond acceptors (Lipinski definition) is 6. The monoisotopic (exact) mass is 245 g/mol. The molecule has 0 saturated heterocycles. The molecule has 0 spiro atoms. The van der Waals surface area contributed by atoms with Crippen LogP contribution in [-0.4, -0.2) is 22.0 Å². The van der Waals surface area contributed by atoms with Gasteiger partial charge in [0.25, 0.3) is 0 Å². The molecule has 0 aliphatic carbocycles. The summed E-state index contributed by atoms with van der Waals surface area (Å²) in [5, 5.41) is 8.78. The lowest BCUT2D eigenvalue weighted by molar-refractivity contribution is 0.867. The zero-order chi connectivity index (χ0) is 12.3. The molecule has 17 heavy (non-hydrogen) atoms. The van der Waals surface area contributed by atoms with E-state index in [-0.39, 0.29) is 0 Å². The van der Waals surface area contributed by atoms with E-state index in [1.54, 1.807) is 23.6 Å². The second-order valence-corrected chi connectivity index (χ2v) is 4.51. The molecule has 0 aliphatic heterocycles. The topological polar surface area (TPSA) is 65.7 Å². The van der Waals surface area contributed by atoms with Gasteiger partial charge in [0.15, 0.2) is 0 Å². The van der Waals surface area contributed by atoms with Gasteiger partial charge in [-0.25, -0.2) is 15.0 Å². The summed E-state index contributed by atoms with van der Waals surface area (Å²) in [6, 6.07) is 3.60. The Morgan fingerprint density at radius 2 is 2.29 bits per heavy atom. The normalized spacial score (nSPS) is 9.94. The van der Waals surface area contributed by atoms with Crippen LogP contribution in [0.5, 0.6) is 0 Å². The number of thiazole rings is 1. The number of rotatable bonds is 3. The first kappa shape index (κ1) is 11.5. The fraction of sp³-hybridized carbons (Fsp3) is 0.273. The van der Waals surface area contributed by atoms with Crippen molar-refractivity contribution in [2.45, 2.75) is 13.5 Å². The fourth-order valence-corrected chi connectivity index (χ4v) is 2.19. The molecule has 0 aliphatic rings. The largest absolute Gasteiger partial charge is 0.339 e. The quantitative estimate of drug-likeness (QED) is 0.824. The van der Waals surface area contributed by atoms with Crippen LogP contribution in [0.4, 0.5) is 5.95 Å². The average Bonchev–Trinajstić information content (AvgIpc) is 2.75. The van der Waals surface area contributed by atoms with Gasteiger partial charge >= 0.3 is 0 Å². The molecule has 0 amide bonds. The maximum absolute atomic E-state index is 8.78. The first-order chi connectivity index (χ1) is 8.20. The standard InChI is InChI=1S/C11H11N5S/c1-8-10(17-7-14-8)6-16(2)11-13-4-3-9(5-12)15-11/h3-4,7H,6H2,1-2H3. The summed E-state index contributed by atoms with van der Waals surface area (Å²) in [6.07, 6.45) is 1.59. The summed E-state index contributed by atoms with van der Waals surface area (Å²) >= 11 is 1.61. The van der Waals surface area contributed by atoms with Crippen LogP contribution in [0, 0.1) is 18.3 Å². The summed E-state index contributed by atoms with van der Waals surface area (Å²) in [7, 11) is 1.90. The van der Waals surface area contributed by atoms with E-state index in [9.17, 15) is 0 Å². The predicted molar refractivity (Wildman–Crippen MR) is 65.7 cm³/mol. The van der Waals surface area contributed by atoms with Crippen molar-refractivity contribution in [2.24, 2.45) is 0 Å². The molecule has 0 N–H and O–H groups in total. The van der Waals surface area contributed by atoms with Crippen molar-refractivity contribution in [3.8, 4) is 6.07 Å². The van der Waals surface area contributed by atoms with E-state index in [4.69, 9.17) is 5.26 Å². The van der Waals surface area contributed by atoms with Gasteiger partial charge in [-0.3, -0.25) is 0 Å². The van der Waals surface area contributed by atoms with Crippen LogP contribution in [0.25, 0.3) is 0 Å². The predicted octanol–water partition coefficient (Wildman–Crippen LogP) is 1.75. The van der Waals surface area contributed by atoms with Gasteiger partial charge in [0.2, 0.25) is 5.95 Å². The number of aryl methyl sites for hydroxylation is 1. The summed E-state index contributed by atoms with van der Waals surface area (Å²) in [5.41, 5.74) is 3.23. The molecule has 0 radical (unpaired) electrons. The number of aromatic nitrogens is 3. The van der Waals surface area contributed by atoms with E-state index in [2.05, 4.69) is 15.0 Å². The smallest absolute Gasteiger partial charge is 0.226 e. The van der Waals surface area contributed by atoms with Crippen LogP contribution in [0.1, 0.15) is 16.3 Å². The molecular weight excluding hydrogens is 234 g/mol. The molecule has 2 heterocycles. The molecule has 2 aromatic rings. The lowest BCUT2D eigenvalue weighted by Gasteiger charge is -2.15. The molecule has 0 fully saturated rings. The number of nitrogens with zero attached hydrogens (tertiary/aromatic N) is 5. The maximum Gasteiger partial charge on any atom is 0.226 e. The van der Waals surface area contributed by atoms with Crippen molar-refractivity contribution in [2.75, 3.05) is 11.9 Å². The minimum absolute atomic E-state index is 0.378. The van der Waals surface area contributed by atoms with E-state index in [0.717, 1.165) is 5.69 Å². The van der Waals surface area contributed by atoms with Crippen LogP contribution < -0.4 is 4.90 Å². The number of nitriles is 1. The molecule has 0 bridgehead atoms. The van der Waals surface area contributed by atoms with Gasteiger partial charge in [-0.05, 0) is 13.0 Å². The van der Waals surface area contributed by atoms with Gasteiger partial charge in [0.1, 0.15) is 11.8 Å². The van der Waals surface area contributed by atoms with Gasteiger partial charge in [-0.2, -0.15) is 5.26 Å². The minimum atomic E-state index is 0.378. The summed E-state index contributed by atoms with van der Waals surface area (Å²) in [5.74, 6) is 0.553. The van der Waals surface area contributed by atoms with Crippen LogP contribution in [0.15, 0.2) is 17.8 Å². The fourth-order valence-electron chi connectivity index (χ4n) is 1.36. The van der Waals surface area contributed by atoms with Crippen molar-refractivity contribution >= 4 is 17.3 Å². The van der Waals surface area contributed by atoms with Gasteiger partial charge in [-0.15, -0.1) is 11.3 Å². The third-order valence-corrected chi connectivity index (χ3v) is 3.24. The summed E-state index contributed by atoms with van der Waals surface area (Å²) < 4.78 is 0. The van der Waals surface area contributed by atoms with Crippen molar-refractivity contribution in [1.29, 1.82) is 5.26 Å². The second kappa shape index (κ2) is 4.89. The molecule has 2 rings (SSSR count). The van der Waals surface area contributed by atoms with Gasteiger partial charge < -0.3 is 4.90 Å². The molecule has 0 aromatic carbocycles. The molecule has 5 nitrogen and oxygen atoms in total. The van der Waals surface area contributed by atoms with Crippen molar-refractivity contribution in [1.82, 2.24) is 15.0 Å². The zero-order valence-corrected chi connectivity index (χ0v) is 10.4. The lowest BCUT2D eigenvalue weighted by Crippen LogP contribution is -2.19. The minimum Gasteiger partial charge on any atom is -0.339 e. The molecule has 6 heteroatoms. The maximum atomic E-state index is 8.78. The molecule has 86 valence electrons. The Morgan fingerprint density at radius 3 is 2.94 bits per heavy atom. The van der Waals surface area contributed by atoms with E-state index in [1.165, 1.54) is 4.88 Å². The van der Waals surface area contributed by atoms with E-state index >= 15 is 0 Å². The van der Waals surface area contributed by atoms with E-state index in [1.807, 2.05) is 30.5 Å². The van der Waals surface area contributed by atoms with Crippen molar-refractivity contribution in [3.05, 3.63) is 34.0 Å². The molecule has 0 saturated carbocycles. The molecule has 0 unspecified atom stereocenters. The highest BCUT2D eigenvalue weighted by atomic mass is 32.1. The van der Waals surface area contributed by atoms with Gasteiger partial charge in [-0.1, -0.05) is 0 Å². The SMILES string of the molecule is Cc1ncsc1CN(C)c1nccc(C#N)n1. The Hall–Kier alpha value is -2.00. The van der Waals surface area contributed by atoms with Crippen molar-refractivity contribution < 1.29 is 0 Å². The Kier molecular flexibility index (Phi) is 3.30. The Balaban J connectivity index is 2.17. The first-order valence-corrected chi connectivity index (χ1v) is 5.92. The Bertz CT molecular complexity index is 557. The highest BCUT2D eigenvalue weighted by Gasteiger charge is 2.09. The summed E-state index contributed by atoms with van der Waals surface area (Å²) in [6.45, 7) is 2.68. The highest BCUT2D eigenvalue weighted by molar-refractivity contribution is 7.09. The third kappa shape index (κ3) is 2.57. The lowest BCUT2D eigenvalue weighted by atomic mass is 10.4. The molecular formula is C11H11N5S. The van der Waals surface area contributed by atoms with Crippen LogP contribution in [0.2, 0.25) is 0 Å². The second-order valence-electron chi connectivity index (χ2n) is 3.57. The number of hydrogen-bond donors (Lipinski definition) is 0. The average molecular weight is 245 g/mol. The first-order valence-electron chi connectivity index (χ1n) is 5.04. The molecule has 0 atom stereocenters. The van der Waals surface area contributed by atoms with E-state index < -0.39 is 0 Å². The highest BCUT2D eigenvalue weighted by Crippen LogP contribution is 2.16. The number of anilines is 1. The molecule has 2 aromatic heterocycles. The summed E-state index contributed by atoms with van der Waals surface area (Å²) in [4.78, 5) is 15.6. The third-order valence-electron chi connectivity index (χ3n) is 2.32. The van der Waals surface area contributed by atoms with Crippen LogP contribution in [-0.2, 0) is 6.54 Å². The zero-order valence-electron chi connectivity index (χ0n) is 9.58. The van der Waals surface area contributed by atoms with Gasteiger partial charge in [0.05, 0.1) is 17.7 Å².